The zero-order valence-electron chi connectivity index (χ0n) is 7.62. The number of nitrogens with one attached hydrogen (secondary N) is 1. The molecular weight excluding hydrogens is 148 g/mol. The summed E-state index contributed by atoms with van der Waals surface area (Å²) in [5.74, 6) is 0. The van der Waals surface area contributed by atoms with Gasteiger partial charge in [-0.15, -0.1) is 0 Å². The molecule has 1 rings (SSSR count). The molecule has 66 valence electrons. The van der Waals surface area contributed by atoms with Crippen molar-refractivity contribution in [2.75, 3.05) is 5.32 Å². The Bertz CT molecular complexity index is 219. The smallest absolute Gasteiger partial charge is 0.0381 e. The van der Waals surface area contributed by atoms with E-state index in [1.807, 2.05) is 37.3 Å². The van der Waals surface area contributed by atoms with Crippen molar-refractivity contribution in [1.29, 1.82) is 0 Å². The van der Waals surface area contributed by atoms with E-state index in [9.17, 15) is 0 Å². The first kappa shape index (κ1) is 9.07. The minimum atomic E-state index is 0.171. The van der Waals surface area contributed by atoms with Crippen LogP contribution in [0.5, 0.6) is 0 Å². The highest BCUT2D eigenvalue weighted by Gasteiger charge is 2.05. The van der Waals surface area contributed by atoms with Crippen LogP contribution in [0.2, 0.25) is 0 Å². The Kier molecular flexibility index (Phi) is 3.11. The Balaban J connectivity index is 2.53. The largest absolute Gasteiger partial charge is 0.381 e. The van der Waals surface area contributed by atoms with Crippen molar-refractivity contribution in [2.24, 2.45) is 5.73 Å². The van der Waals surface area contributed by atoms with Crippen molar-refractivity contribution in [1.82, 2.24) is 0 Å². The number of nitrogens with two attached hydrogens (primary N) is 1. The Labute approximate surface area is 73.8 Å². The van der Waals surface area contributed by atoms with Crippen molar-refractivity contribution in [3.8, 4) is 0 Å². The molecule has 0 aliphatic heterocycles. The molecule has 0 aromatic heterocycles. The SMILES string of the molecule is C[C@H](N)[C@@H](C)Nc1ccccc1. The van der Waals surface area contributed by atoms with E-state index in [-0.39, 0.29) is 6.04 Å². The third-order valence-electron chi connectivity index (χ3n) is 1.96. The van der Waals surface area contributed by atoms with Gasteiger partial charge in [-0.1, -0.05) is 18.2 Å². The first-order valence-corrected chi connectivity index (χ1v) is 4.27. The van der Waals surface area contributed by atoms with Gasteiger partial charge in [-0.3, -0.25) is 0 Å². The lowest BCUT2D eigenvalue weighted by Gasteiger charge is -2.18. The number of para-hydroxylation sites is 1. The van der Waals surface area contributed by atoms with Crippen LogP contribution in [0, 0.1) is 0 Å². The van der Waals surface area contributed by atoms with E-state index in [4.69, 9.17) is 5.73 Å². The van der Waals surface area contributed by atoms with Crippen molar-refractivity contribution < 1.29 is 0 Å². The lowest BCUT2D eigenvalue weighted by molar-refractivity contribution is 0.638. The maximum Gasteiger partial charge on any atom is 0.0381 e. The third kappa shape index (κ3) is 2.55. The summed E-state index contributed by atoms with van der Waals surface area (Å²) < 4.78 is 0. The van der Waals surface area contributed by atoms with E-state index in [0.717, 1.165) is 5.69 Å². The fourth-order valence-corrected chi connectivity index (χ4v) is 0.929. The monoisotopic (exact) mass is 164 g/mol. The highest BCUT2D eigenvalue weighted by Crippen LogP contribution is 2.07. The lowest BCUT2D eigenvalue weighted by Crippen LogP contribution is -2.35. The molecule has 0 fully saturated rings. The minimum absolute atomic E-state index is 0.171. The van der Waals surface area contributed by atoms with Crippen LogP contribution in [0.25, 0.3) is 0 Å². The van der Waals surface area contributed by atoms with Crippen LogP contribution in [0.3, 0.4) is 0 Å². The summed E-state index contributed by atoms with van der Waals surface area (Å²) in [4.78, 5) is 0. The van der Waals surface area contributed by atoms with E-state index in [2.05, 4.69) is 12.2 Å². The molecule has 2 heteroatoms. The molecule has 1 aromatic rings. The molecule has 0 aliphatic carbocycles. The van der Waals surface area contributed by atoms with E-state index in [1.165, 1.54) is 0 Å². The molecule has 2 nitrogen and oxygen atoms in total. The molecule has 0 bridgehead atoms. The number of benzene rings is 1. The third-order valence-corrected chi connectivity index (χ3v) is 1.96. The molecule has 0 amide bonds. The molecule has 0 saturated heterocycles. The van der Waals surface area contributed by atoms with Crippen LogP contribution in [-0.4, -0.2) is 12.1 Å². The molecule has 0 heterocycles. The van der Waals surface area contributed by atoms with Crippen molar-refractivity contribution >= 4 is 5.69 Å². The summed E-state index contributed by atoms with van der Waals surface area (Å²) in [5, 5.41) is 3.32. The summed E-state index contributed by atoms with van der Waals surface area (Å²) >= 11 is 0. The molecule has 1 aromatic carbocycles. The zero-order chi connectivity index (χ0) is 8.97. The highest BCUT2D eigenvalue weighted by molar-refractivity contribution is 5.43. The summed E-state index contributed by atoms with van der Waals surface area (Å²) in [6, 6.07) is 10.6. The molecule has 2 atom stereocenters. The molecule has 0 unspecified atom stereocenters. The lowest BCUT2D eigenvalue weighted by atomic mass is 10.2. The van der Waals surface area contributed by atoms with Crippen LogP contribution in [-0.2, 0) is 0 Å². The van der Waals surface area contributed by atoms with Gasteiger partial charge in [0.2, 0.25) is 0 Å². The fraction of sp³-hybridized carbons (Fsp3) is 0.400. The second-order valence-electron chi connectivity index (χ2n) is 3.16. The van der Waals surface area contributed by atoms with Crippen LogP contribution < -0.4 is 11.1 Å². The standard InChI is InChI=1S/C10H16N2/c1-8(11)9(2)12-10-6-4-3-5-7-10/h3-9,12H,11H2,1-2H3/t8-,9+/m0/s1. The number of hydrogen-bond acceptors (Lipinski definition) is 2. The van der Waals surface area contributed by atoms with Crippen LogP contribution in [0.1, 0.15) is 13.8 Å². The van der Waals surface area contributed by atoms with Crippen LogP contribution >= 0.6 is 0 Å². The number of anilines is 1. The fourth-order valence-electron chi connectivity index (χ4n) is 0.929. The summed E-state index contributed by atoms with van der Waals surface area (Å²) in [7, 11) is 0. The van der Waals surface area contributed by atoms with Crippen molar-refractivity contribution in [3.05, 3.63) is 30.3 Å². The first-order valence-electron chi connectivity index (χ1n) is 4.27. The van der Waals surface area contributed by atoms with E-state index in [1.54, 1.807) is 0 Å². The molecule has 12 heavy (non-hydrogen) atoms. The molecule has 0 spiro atoms. The number of hydrogen-bond donors (Lipinski definition) is 2. The molecule has 0 aliphatic rings. The van der Waals surface area contributed by atoms with Gasteiger partial charge in [-0.2, -0.15) is 0 Å². The van der Waals surface area contributed by atoms with E-state index < -0.39 is 0 Å². The predicted molar refractivity (Wildman–Crippen MR) is 53.2 cm³/mol. The number of rotatable bonds is 3. The summed E-state index contributed by atoms with van der Waals surface area (Å²) in [5.41, 5.74) is 6.85. The normalized spacial score (nSPS) is 15.2. The van der Waals surface area contributed by atoms with Gasteiger partial charge in [0.1, 0.15) is 0 Å². The Morgan fingerprint density at radius 3 is 2.25 bits per heavy atom. The van der Waals surface area contributed by atoms with Gasteiger partial charge in [-0.05, 0) is 26.0 Å². The van der Waals surface area contributed by atoms with Gasteiger partial charge < -0.3 is 11.1 Å². The average molecular weight is 164 g/mol. The zero-order valence-corrected chi connectivity index (χ0v) is 7.62. The Morgan fingerprint density at radius 2 is 1.75 bits per heavy atom. The molecule has 3 N–H and O–H groups in total. The maximum absolute atomic E-state index is 5.72. The van der Waals surface area contributed by atoms with Gasteiger partial charge in [0.05, 0.1) is 0 Å². The van der Waals surface area contributed by atoms with Crippen molar-refractivity contribution in [2.45, 2.75) is 25.9 Å². The minimum Gasteiger partial charge on any atom is -0.381 e. The predicted octanol–water partition coefficient (Wildman–Crippen LogP) is 1.83. The second-order valence-corrected chi connectivity index (χ2v) is 3.16. The molecule has 0 radical (unpaired) electrons. The average Bonchev–Trinajstić information content (AvgIpc) is 2.06. The topological polar surface area (TPSA) is 38.0 Å². The van der Waals surface area contributed by atoms with Crippen LogP contribution in [0.15, 0.2) is 30.3 Å². The second kappa shape index (κ2) is 4.12. The first-order chi connectivity index (χ1) is 5.70. The summed E-state index contributed by atoms with van der Waals surface area (Å²) in [6.07, 6.45) is 0. The summed E-state index contributed by atoms with van der Waals surface area (Å²) in [6.45, 7) is 4.08. The van der Waals surface area contributed by atoms with Gasteiger partial charge >= 0.3 is 0 Å². The van der Waals surface area contributed by atoms with Gasteiger partial charge in [0.25, 0.3) is 0 Å². The Hall–Kier alpha value is -1.02. The van der Waals surface area contributed by atoms with E-state index in [0.29, 0.717) is 6.04 Å². The highest BCUT2D eigenvalue weighted by atomic mass is 14.9. The van der Waals surface area contributed by atoms with Gasteiger partial charge in [0, 0.05) is 17.8 Å². The maximum atomic E-state index is 5.72. The van der Waals surface area contributed by atoms with Crippen molar-refractivity contribution in [3.63, 3.8) is 0 Å². The quantitative estimate of drug-likeness (QED) is 0.715. The van der Waals surface area contributed by atoms with Gasteiger partial charge in [-0.25, -0.2) is 0 Å². The van der Waals surface area contributed by atoms with Crippen LogP contribution in [0.4, 0.5) is 5.69 Å². The molecule has 0 saturated carbocycles. The van der Waals surface area contributed by atoms with Gasteiger partial charge in [0.15, 0.2) is 0 Å². The van der Waals surface area contributed by atoms with E-state index >= 15 is 0 Å². The Morgan fingerprint density at radius 1 is 1.17 bits per heavy atom. The molecular formula is C10H16N2.